The fourth-order valence-corrected chi connectivity index (χ4v) is 5.90. The van der Waals surface area contributed by atoms with Crippen molar-refractivity contribution in [2.24, 2.45) is 12.8 Å². The van der Waals surface area contributed by atoms with E-state index in [1.54, 1.807) is 18.6 Å². The van der Waals surface area contributed by atoms with Gasteiger partial charge in [0.05, 0.1) is 24.1 Å². The third kappa shape index (κ3) is 7.35. The van der Waals surface area contributed by atoms with Crippen LogP contribution in [0.1, 0.15) is 35.4 Å². The van der Waals surface area contributed by atoms with Gasteiger partial charge in [-0.3, -0.25) is 20.1 Å². The predicted molar refractivity (Wildman–Crippen MR) is 178 cm³/mol. The standard InChI is InChI=1S/C35H39N9O/c1-42-31-11-10-29(22-30(31)41-33(42)12-7-25-5-8-27(9-6-25)35(36)37)44(23-26-13-18-38-19-14-26)34(45)24-43-20-15-28(16-21-43)40-32-4-2-3-17-39-32/h2-6,8-11,13-14,17-19,22,28H,7,12,15-16,20-21,23-24H2,1H3,(H3,36,37)(H,39,40). The van der Waals surface area contributed by atoms with Gasteiger partial charge in [-0.2, -0.15) is 0 Å². The number of amidine groups is 1. The van der Waals surface area contributed by atoms with Crippen molar-refractivity contribution in [3.8, 4) is 0 Å². The zero-order valence-corrected chi connectivity index (χ0v) is 25.6. The zero-order valence-electron chi connectivity index (χ0n) is 25.6. The summed E-state index contributed by atoms with van der Waals surface area (Å²) in [6.45, 7) is 2.51. The Kier molecular flexibility index (Phi) is 9.11. The van der Waals surface area contributed by atoms with Crippen LogP contribution in [0.15, 0.2) is 91.4 Å². The number of pyridine rings is 2. The maximum atomic E-state index is 13.9. The maximum absolute atomic E-state index is 13.9. The van der Waals surface area contributed by atoms with Gasteiger partial charge in [-0.05, 0) is 72.9 Å². The van der Waals surface area contributed by atoms with E-state index in [-0.39, 0.29) is 11.7 Å². The molecule has 4 N–H and O–H groups in total. The molecule has 1 saturated heterocycles. The van der Waals surface area contributed by atoms with E-state index in [1.165, 1.54) is 5.56 Å². The number of likely N-dealkylation sites (tertiary alicyclic amines) is 1. The molecule has 0 unspecified atom stereocenters. The van der Waals surface area contributed by atoms with Crippen LogP contribution in [0.3, 0.4) is 0 Å². The van der Waals surface area contributed by atoms with Gasteiger partial charge in [-0.15, -0.1) is 0 Å². The second kappa shape index (κ2) is 13.7. The lowest BCUT2D eigenvalue weighted by Crippen LogP contribution is -2.45. The molecule has 2 aromatic carbocycles. The SMILES string of the molecule is Cn1c(CCc2ccc(C(=N)N)cc2)nc2cc(N(Cc3ccncc3)C(=O)CN3CCC(Nc4ccccn4)CC3)ccc21. The van der Waals surface area contributed by atoms with Crippen LogP contribution in [-0.4, -0.2) is 61.8 Å². The minimum atomic E-state index is 0.0625. The Morgan fingerprint density at radius 2 is 1.76 bits per heavy atom. The van der Waals surface area contributed by atoms with Gasteiger partial charge in [0.25, 0.3) is 0 Å². The van der Waals surface area contributed by atoms with Gasteiger partial charge in [0.2, 0.25) is 5.91 Å². The summed E-state index contributed by atoms with van der Waals surface area (Å²) in [6.07, 6.45) is 8.83. The number of hydrogen-bond donors (Lipinski definition) is 3. The number of nitrogen functional groups attached to an aromatic ring is 1. The molecule has 0 atom stereocenters. The molecule has 45 heavy (non-hydrogen) atoms. The quantitative estimate of drug-likeness (QED) is 0.150. The van der Waals surface area contributed by atoms with E-state index >= 15 is 0 Å². The lowest BCUT2D eigenvalue weighted by Gasteiger charge is -2.33. The van der Waals surface area contributed by atoms with E-state index in [0.717, 1.165) is 78.3 Å². The highest BCUT2D eigenvalue weighted by Crippen LogP contribution is 2.26. The molecule has 10 heteroatoms. The van der Waals surface area contributed by atoms with E-state index in [1.807, 2.05) is 78.7 Å². The summed E-state index contributed by atoms with van der Waals surface area (Å²) in [4.78, 5) is 31.6. The monoisotopic (exact) mass is 601 g/mol. The van der Waals surface area contributed by atoms with Crippen LogP contribution in [0.4, 0.5) is 11.5 Å². The normalized spacial score (nSPS) is 14.0. The Balaban J connectivity index is 1.16. The van der Waals surface area contributed by atoms with Crippen molar-refractivity contribution in [1.29, 1.82) is 5.41 Å². The van der Waals surface area contributed by atoms with Crippen LogP contribution in [0, 0.1) is 5.41 Å². The van der Waals surface area contributed by atoms with Gasteiger partial charge in [0.15, 0.2) is 0 Å². The van der Waals surface area contributed by atoms with E-state index in [2.05, 4.69) is 30.8 Å². The smallest absolute Gasteiger partial charge is 0.241 e. The number of imidazole rings is 1. The van der Waals surface area contributed by atoms with Crippen molar-refractivity contribution in [2.75, 3.05) is 29.9 Å². The average Bonchev–Trinajstić information content (AvgIpc) is 3.38. The predicted octanol–water partition coefficient (Wildman–Crippen LogP) is 4.54. The van der Waals surface area contributed by atoms with Crippen LogP contribution in [0.25, 0.3) is 11.0 Å². The van der Waals surface area contributed by atoms with Crippen molar-refractivity contribution < 1.29 is 4.79 Å². The molecule has 4 heterocycles. The first-order valence-electron chi connectivity index (χ1n) is 15.4. The Hall–Kier alpha value is -5.09. The molecule has 1 aliphatic rings. The minimum absolute atomic E-state index is 0.0625. The van der Waals surface area contributed by atoms with Gasteiger partial charge in [-0.25, -0.2) is 9.97 Å². The third-order valence-electron chi connectivity index (χ3n) is 8.53. The molecule has 0 spiro atoms. The first-order valence-corrected chi connectivity index (χ1v) is 15.4. The number of nitrogens with one attached hydrogen (secondary N) is 2. The second-order valence-electron chi connectivity index (χ2n) is 11.6. The van der Waals surface area contributed by atoms with E-state index < -0.39 is 0 Å². The number of rotatable bonds is 11. The van der Waals surface area contributed by atoms with Crippen LogP contribution < -0.4 is 16.0 Å². The molecule has 0 bridgehead atoms. The van der Waals surface area contributed by atoms with E-state index in [9.17, 15) is 4.79 Å². The average molecular weight is 602 g/mol. The van der Waals surface area contributed by atoms with Crippen LogP contribution >= 0.6 is 0 Å². The number of nitrogens with two attached hydrogens (primary N) is 1. The molecule has 1 amide bonds. The molecule has 5 aromatic rings. The van der Waals surface area contributed by atoms with Crippen LogP contribution in [-0.2, 0) is 31.2 Å². The van der Waals surface area contributed by atoms with Crippen molar-refractivity contribution >= 4 is 34.3 Å². The van der Waals surface area contributed by atoms with Gasteiger partial charge in [0.1, 0.15) is 17.5 Å². The molecule has 0 radical (unpaired) electrons. The minimum Gasteiger partial charge on any atom is -0.384 e. The Bertz CT molecular complexity index is 1750. The Morgan fingerprint density at radius 1 is 0.978 bits per heavy atom. The highest BCUT2D eigenvalue weighted by Gasteiger charge is 2.25. The fourth-order valence-electron chi connectivity index (χ4n) is 5.90. The molecular weight excluding hydrogens is 562 g/mol. The summed E-state index contributed by atoms with van der Waals surface area (Å²) in [5.74, 6) is 2.01. The summed E-state index contributed by atoms with van der Waals surface area (Å²) in [5.41, 5.74) is 11.2. The van der Waals surface area contributed by atoms with Gasteiger partial charge in [0, 0.05) is 62.4 Å². The fraction of sp³-hybridized carbons (Fsp3) is 0.286. The van der Waals surface area contributed by atoms with Crippen molar-refractivity contribution in [2.45, 2.75) is 38.3 Å². The summed E-state index contributed by atoms with van der Waals surface area (Å²) in [5, 5.41) is 11.1. The highest BCUT2D eigenvalue weighted by atomic mass is 16.2. The number of hydrogen-bond acceptors (Lipinski definition) is 7. The molecule has 10 nitrogen and oxygen atoms in total. The summed E-state index contributed by atoms with van der Waals surface area (Å²) in [6, 6.07) is 24.1. The number of piperidine rings is 1. The molecule has 3 aromatic heterocycles. The highest BCUT2D eigenvalue weighted by molar-refractivity contribution is 5.96. The number of anilines is 2. The number of aromatic nitrogens is 4. The first kappa shape index (κ1) is 30.0. The maximum Gasteiger partial charge on any atom is 0.241 e. The first-order chi connectivity index (χ1) is 21.9. The number of carbonyl (C=O) groups is 1. The second-order valence-corrected chi connectivity index (χ2v) is 11.6. The lowest BCUT2D eigenvalue weighted by atomic mass is 10.0. The molecular formula is C35H39N9O. The number of nitrogens with zero attached hydrogens (tertiary/aromatic N) is 6. The van der Waals surface area contributed by atoms with Crippen LogP contribution in [0.5, 0.6) is 0 Å². The number of benzene rings is 2. The number of aryl methyl sites for hydroxylation is 3. The van der Waals surface area contributed by atoms with E-state index in [0.29, 0.717) is 19.1 Å². The largest absolute Gasteiger partial charge is 0.384 e. The molecule has 0 saturated carbocycles. The number of carbonyl (C=O) groups excluding carboxylic acids is 1. The number of fused-ring (bicyclic) bond motifs is 1. The molecule has 6 rings (SSSR count). The van der Waals surface area contributed by atoms with Crippen LogP contribution in [0.2, 0.25) is 0 Å². The Labute approximate surface area is 263 Å². The van der Waals surface area contributed by atoms with Crippen molar-refractivity contribution in [1.82, 2.24) is 24.4 Å². The van der Waals surface area contributed by atoms with Gasteiger partial charge in [-0.1, -0.05) is 30.3 Å². The molecule has 230 valence electrons. The Morgan fingerprint density at radius 3 is 2.47 bits per heavy atom. The zero-order chi connectivity index (χ0) is 31.2. The number of amides is 1. The van der Waals surface area contributed by atoms with Crippen molar-refractivity contribution in [3.63, 3.8) is 0 Å². The molecule has 0 aliphatic carbocycles. The summed E-state index contributed by atoms with van der Waals surface area (Å²) >= 11 is 0. The summed E-state index contributed by atoms with van der Waals surface area (Å²) in [7, 11) is 2.04. The van der Waals surface area contributed by atoms with Gasteiger partial charge >= 0.3 is 0 Å². The summed E-state index contributed by atoms with van der Waals surface area (Å²) < 4.78 is 2.13. The lowest BCUT2D eigenvalue weighted by molar-refractivity contribution is -0.120. The third-order valence-corrected chi connectivity index (χ3v) is 8.53. The van der Waals surface area contributed by atoms with E-state index in [4.69, 9.17) is 16.1 Å². The molecule has 1 fully saturated rings. The van der Waals surface area contributed by atoms with Crippen molar-refractivity contribution in [3.05, 3.63) is 114 Å². The topological polar surface area (TPSA) is 129 Å². The van der Waals surface area contributed by atoms with Gasteiger partial charge < -0.3 is 20.5 Å². The molecule has 1 aliphatic heterocycles.